The Balaban J connectivity index is 1.46. The Morgan fingerprint density at radius 1 is 1.17 bits per heavy atom. The number of hydrogen-bond acceptors (Lipinski definition) is 5. The molecule has 0 aliphatic carbocycles. The molecule has 0 aromatic carbocycles. The second kappa shape index (κ2) is 8.83. The van der Waals surface area contributed by atoms with E-state index in [1.165, 1.54) is 12.8 Å². The number of aryl methyl sites for hydroxylation is 1. The van der Waals surface area contributed by atoms with Gasteiger partial charge in [-0.1, -0.05) is 0 Å². The number of ether oxygens (including phenoxy) is 2. The van der Waals surface area contributed by atoms with E-state index in [1.807, 2.05) is 6.92 Å². The zero-order chi connectivity index (χ0) is 15.9. The molecule has 2 saturated heterocycles. The largest absolute Gasteiger partial charge is 0.465 e. The molecule has 0 radical (unpaired) electrons. The van der Waals surface area contributed by atoms with Gasteiger partial charge in [0.25, 0.3) is 0 Å². The Hall–Kier alpha value is -0.880. The summed E-state index contributed by atoms with van der Waals surface area (Å²) in [5.74, 6) is 2.75. The van der Waals surface area contributed by atoms with Crippen molar-refractivity contribution in [2.45, 2.75) is 26.3 Å². The number of hydrogen-bond donors (Lipinski definition) is 0. The molecule has 1 unspecified atom stereocenters. The van der Waals surface area contributed by atoms with Gasteiger partial charge in [0, 0.05) is 26.2 Å². The van der Waals surface area contributed by atoms with Gasteiger partial charge in [-0.05, 0) is 50.9 Å². The van der Waals surface area contributed by atoms with Crippen LogP contribution in [0.3, 0.4) is 0 Å². The van der Waals surface area contributed by atoms with Crippen LogP contribution in [0.1, 0.15) is 24.4 Å². The second-order valence-electron chi connectivity index (χ2n) is 6.78. The molecule has 2 fully saturated rings. The molecule has 2 aliphatic heterocycles. The van der Waals surface area contributed by atoms with Gasteiger partial charge in [0.2, 0.25) is 0 Å². The SMILES string of the molecule is Cc1ccc(CN(CCCN2CCOCC2)CC2CCOC2)o1. The summed E-state index contributed by atoms with van der Waals surface area (Å²) in [5, 5.41) is 0. The zero-order valence-corrected chi connectivity index (χ0v) is 14.3. The lowest BCUT2D eigenvalue weighted by Crippen LogP contribution is -2.38. The van der Waals surface area contributed by atoms with E-state index in [-0.39, 0.29) is 0 Å². The monoisotopic (exact) mass is 322 g/mol. The van der Waals surface area contributed by atoms with Gasteiger partial charge in [-0.25, -0.2) is 0 Å². The molecule has 3 heterocycles. The molecule has 0 bridgehead atoms. The topological polar surface area (TPSA) is 38.1 Å². The first kappa shape index (κ1) is 17.0. The van der Waals surface area contributed by atoms with Crippen molar-refractivity contribution in [3.05, 3.63) is 23.7 Å². The minimum atomic E-state index is 0.675. The maximum Gasteiger partial charge on any atom is 0.118 e. The van der Waals surface area contributed by atoms with Gasteiger partial charge >= 0.3 is 0 Å². The van der Waals surface area contributed by atoms with E-state index in [0.717, 1.165) is 77.2 Å². The Morgan fingerprint density at radius 2 is 2.04 bits per heavy atom. The summed E-state index contributed by atoms with van der Waals surface area (Å²) in [5.41, 5.74) is 0. The van der Waals surface area contributed by atoms with Crippen molar-refractivity contribution in [2.75, 3.05) is 59.2 Å². The molecule has 0 amide bonds. The van der Waals surface area contributed by atoms with E-state index in [1.54, 1.807) is 0 Å². The van der Waals surface area contributed by atoms with Crippen LogP contribution in [0.25, 0.3) is 0 Å². The molecular formula is C18H30N2O3. The van der Waals surface area contributed by atoms with Crippen LogP contribution in [0.15, 0.2) is 16.5 Å². The summed E-state index contributed by atoms with van der Waals surface area (Å²) in [6.45, 7) is 12.1. The van der Waals surface area contributed by atoms with E-state index in [4.69, 9.17) is 13.9 Å². The van der Waals surface area contributed by atoms with Crippen molar-refractivity contribution in [3.8, 4) is 0 Å². The Morgan fingerprint density at radius 3 is 2.74 bits per heavy atom. The van der Waals surface area contributed by atoms with E-state index in [0.29, 0.717) is 5.92 Å². The molecule has 3 rings (SSSR count). The van der Waals surface area contributed by atoms with Crippen LogP contribution in [0.5, 0.6) is 0 Å². The fourth-order valence-corrected chi connectivity index (χ4v) is 3.46. The molecule has 5 heteroatoms. The van der Waals surface area contributed by atoms with Crippen molar-refractivity contribution in [1.29, 1.82) is 0 Å². The average Bonchev–Trinajstić information content (AvgIpc) is 3.20. The maximum absolute atomic E-state index is 5.77. The van der Waals surface area contributed by atoms with E-state index < -0.39 is 0 Å². The first-order valence-corrected chi connectivity index (χ1v) is 8.95. The van der Waals surface area contributed by atoms with Crippen LogP contribution in [-0.4, -0.2) is 69.0 Å². The summed E-state index contributed by atoms with van der Waals surface area (Å²) in [4.78, 5) is 5.05. The fourth-order valence-electron chi connectivity index (χ4n) is 3.46. The highest BCUT2D eigenvalue weighted by Crippen LogP contribution is 2.17. The van der Waals surface area contributed by atoms with Gasteiger partial charge in [0.05, 0.1) is 26.4 Å². The molecular weight excluding hydrogens is 292 g/mol. The lowest BCUT2D eigenvalue weighted by molar-refractivity contribution is 0.0356. The quantitative estimate of drug-likeness (QED) is 0.733. The Kier molecular flexibility index (Phi) is 6.51. The van der Waals surface area contributed by atoms with Gasteiger partial charge in [0.15, 0.2) is 0 Å². The fraction of sp³-hybridized carbons (Fsp3) is 0.778. The number of nitrogens with zero attached hydrogens (tertiary/aromatic N) is 2. The Labute approximate surface area is 139 Å². The maximum atomic E-state index is 5.77. The van der Waals surface area contributed by atoms with E-state index in [2.05, 4.69) is 21.9 Å². The predicted molar refractivity (Wildman–Crippen MR) is 89.5 cm³/mol. The average molecular weight is 322 g/mol. The van der Waals surface area contributed by atoms with Crippen molar-refractivity contribution in [3.63, 3.8) is 0 Å². The van der Waals surface area contributed by atoms with E-state index >= 15 is 0 Å². The third kappa shape index (κ3) is 5.60. The summed E-state index contributed by atoms with van der Waals surface area (Å²) >= 11 is 0. The van der Waals surface area contributed by atoms with Crippen molar-refractivity contribution in [2.24, 2.45) is 5.92 Å². The van der Waals surface area contributed by atoms with Crippen molar-refractivity contribution < 1.29 is 13.9 Å². The first-order valence-electron chi connectivity index (χ1n) is 8.95. The lowest BCUT2D eigenvalue weighted by Gasteiger charge is -2.28. The van der Waals surface area contributed by atoms with Gasteiger partial charge < -0.3 is 13.9 Å². The molecule has 0 saturated carbocycles. The third-order valence-electron chi connectivity index (χ3n) is 4.77. The third-order valence-corrected chi connectivity index (χ3v) is 4.77. The van der Waals surface area contributed by atoms with Crippen LogP contribution in [0.4, 0.5) is 0 Å². The van der Waals surface area contributed by atoms with Crippen LogP contribution >= 0.6 is 0 Å². The summed E-state index contributed by atoms with van der Waals surface area (Å²) in [7, 11) is 0. The molecule has 23 heavy (non-hydrogen) atoms. The van der Waals surface area contributed by atoms with Gasteiger partial charge in [0.1, 0.15) is 11.5 Å². The molecule has 0 N–H and O–H groups in total. The molecule has 130 valence electrons. The highest BCUT2D eigenvalue weighted by atomic mass is 16.5. The normalized spacial score (nSPS) is 23.0. The minimum absolute atomic E-state index is 0.675. The standard InChI is InChI=1S/C18H30N2O3/c1-16-3-4-18(23-16)14-20(13-17-5-10-22-15-17)7-2-6-19-8-11-21-12-9-19/h3-4,17H,2,5-15H2,1H3. The van der Waals surface area contributed by atoms with Gasteiger partial charge in [-0.15, -0.1) is 0 Å². The van der Waals surface area contributed by atoms with E-state index in [9.17, 15) is 0 Å². The highest BCUT2D eigenvalue weighted by Gasteiger charge is 2.20. The number of rotatable bonds is 8. The predicted octanol–water partition coefficient (Wildman–Crippen LogP) is 2.15. The zero-order valence-electron chi connectivity index (χ0n) is 14.3. The van der Waals surface area contributed by atoms with Gasteiger partial charge in [-0.3, -0.25) is 9.80 Å². The molecule has 1 aromatic heterocycles. The summed E-state index contributed by atoms with van der Waals surface area (Å²) < 4.78 is 16.7. The minimum Gasteiger partial charge on any atom is -0.465 e. The van der Waals surface area contributed by atoms with Crippen LogP contribution in [0.2, 0.25) is 0 Å². The highest BCUT2D eigenvalue weighted by molar-refractivity contribution is 5.05. The van der Waals surface area contributed by atoms with Crippen LogP contribution in [0, 0.1) is 12.8 Å². The van der Waals surface area contributed by atoms with Gasteiger partial charge in [-0.2, -0.15) is 0 Å². The number of morpholine rings is 1. The molecule has 2 aliphatic rings. The number of furan rings is 1. The van der Waals surface area contributed by atoms with Crippen LogP contribution < -0.4 is 0 Å². The molecule has 1 aromatic rings. The molecule has 1 atom stereocenters. The Bertz CT molecular complexity index is 451. The molecule has 0 spiro atoms. The summed E-state index contributed by atoms with van der Waals surface area (Å²) in [6.07, 6.45) is 2.39. The molecule has 5 nitrogen and oxygen atoms in total. The van der Waals surface area contributed by atoms with Crippen molar-refractivity contribution >= 4 is 0 Å². The van der Waals surface area contributed by atoms with Crippen LogP contribution in [-0.2, 0) is 16.0 Å². The smallest absolute Gasteiger partial charge is 0.118 e. The lowest BCUT2D eigenvalue weighted by atomic mass is 10.1. The summed E-state index contributed by atoms with van der Waals surface area (Å²) in [6, 6.07) is 4.16. The second-order valence-corrected chi connectivity index (χ2v) is 6.78. The first-order chi connectivity index (χ1) is 11.3. The van der Waals surface area contributed by atoms with Crippen molar-refractivity contribution in [1.82, 2.24) is 9.80 Å².